The maximum atomic E-state index is 12.4. The van der Waals surface area contributed by atoms with Crippen molar-refractivity contribution in [2.75, 3.05) is 5.32 Å². The summed E-state index contributed by atoms with van der Waals surface area (Å²) in [5, 5.41) is 12.4. The van der Waals surface area contributed by atoms with Gasteiger partial charge in [0.25, 0.3) is 0 Å². The summed E-state index contributed by atoms with van der Waals surface area (Å²) in [6.45, 7) is 1.91. The summed E-state index contributed by atoms with van der Waals surface area (Å²) < 4.78 is 7.42. The van der Waals surface area contributed by atoms with Crippen molar-refractivity contribution in [1.29, 1.82) is 0 Å². The molecule has 2 aromatic heterocycles. The van der Waals surface area contributed by atoms with E-state index in [1.807, 2.05) is 35.0 Å². The molecular formula is C19H15ClN4O2. The smallest absolute Gasteiger partial charge is 0.249 e. The van der Waals surface area contributed by atoms with Gasteiger partial charge < -0.3 is 14.3 Å². The quantitative estimate of drug-likeness (QED) is 0.584. The van der Waals surface area contributed by atoms with E-state index in [-0.39, 0.29) is 12.5 Å². The molecule has 0 aliphatic heterocycles. The fourth-order valence-corrected chi connectivity index (χ4v) is 2.97. The minimum Gasteiger partial charge on any atom is -0.421 e. The number of aryl methyl sites for hydroxylation is 1. The average molecular weight is 367 g/mol. The van der Waals surface area contributed by atoms with Gasteiger partial charge in [-0.05, 0) is 30.3 Å². The number of benzene rings is 2. The lowest BCUT2D eigenvalue weighted by Gasteiger charge is -2.07. The van der Waals surface area contributed by atoms with Crippen LogP contribution in [0.5, 0.6) is 0 Å². The van der Waals surface area contributed by atoms with E-state index in [9.17, 15) is 4.79 Å². The highest BCUT2D eigenvalue weighted by Crippen LogP contribution is 2.29. The summed E-state index contributed by atoms with van der Waals surface area (Å²) in [6.07, 6.45) is 1.86. The molecule has 130 valence electrons. The molecule has 0 fully saturated rings. The lowest BCUT2D eigenvalue weighted by molar-refractivity contribution is -0.116. The van der Waals surface area contributed by atoms with Crippen LogP contribution in [-0.4, -0.2) is 20.7 Å². The summed E-state index contributed by atoms with van der Waals surface area (Å²) in [5.41, 5.74) is 2.42. The highest BCUT2D eigenvalue weighted by atomic mass is 35.5. The number of anilines is 1. The van der Waals surface area contributed by atoms with Crippen molar-refractivity contribution in [3.05, 3.63) is 65.6 Å². The lowest BCUT2D eigenvalue weighted by atomic mass is 10.2. The number of para-hydroxylation sites is 1. The zero-order valence-electron chi connectivity index (χ0n) is 13.9. The van der Waals surface area contributed by atoms with E-state index in [2.05, 4.69) is 15.5 Å². The van der Waals surface area contributed by atoms with E-state index < -0.39 is 0 Å². The first-order valence-corrected chi connectivity index (χ1v) is 8.42. The van der Waals surface area contributed by atoms with E-state index in [1.54, 1.807) is 31.2 Å². The Hall–Kier alpha value is -3.12. The van der Waals surface area contributed by atoms with Crippen LogP contribution >= 0.6 is 11.6 Å². The Bertz CT molecular complexity index is 1080. The second-order valence-electron chi connectivity index (χ2n) is 5.87. The monoisotopic (exact) mass is 366 g/mol. The molecule has 0 radical (unpaired) electrons. The van der Waals surface area contributed by atoms with Gasteiger partial charge >= 0.3 is 0 Å². The Morgan fingerprint density at radius 3 is 2.65 bits per heavy atom. The van der Waals surface area contributed by atoms with E-state index in [4.69, 9.17) is 16.0 Å². The van der Waals surface area contributed by atoms with Crippen LogP contribution in [0.2, 0.25) is 5.02 Å². The third-order valence-electron chi connectivity index (χ3n) is 3.99. The van der Waals surface area contributed by atoms with E-state index >= 15 is 0 Å². The van der Waals surface area contributed by atoms with Crippen LogP contribution in [-0.2, 0) is 11.3 Å². The molecule has 4 aromatic rings. The lowest BCUT2D eigenvalue weighted by Crippen LogP contribution is -2.18. The number of carbonyl (C=O) groups excluding carboxylic acids is 1. The van der Waals surface area contributed by atoms with Crippen LogP contribution in [0.4, 0.5) is 5.69 Å². The maximum Gasteiger partial charge on any atom is 0.249 e. The minimum atomic E-state index is -0.138. The third-order valence-corrected chi connectivity index (χ3v) is 4.24. The molecule has 2 aromatic carbocycles. The number of nitrogens with zero attached hydrogens (tertiary/aromatic N) is 3. The number of rotatable bonds is 4. The van der Waals surface area contributed by atoms with E-state index in [0.29, 0.717) is 22.5 Å². The predicted molar refractivity (Wildman–Crippen MR) is 100 cm³/mol. The highest BCUT2D eigenvalue weighted by molar-refractivity contribution is 6.30. The molecule has 0 aliphatic rings. The predicted octanol–water partition coefficient (Wildman–Crippen LogP) is 4.29. The van der Waals surface area contributed by atoms with Crippen molar-refractivity contribution in [1.82, 2.24) is 14.8 Å². The van der Waals surface area contributed by atoms with Gasteiger partial charge in [-0.25, -0.2) is 0 Å². The van der Waals surface area contributed by atoms with Crippen molar-refractivity contribution in [2.45, 2.75) is 13.5 Å². The normalized spacial score (nSPS) is 11.0. The Labute approximate surface area is 154 Å². The molecule has 6 nitrogen and oxygen atoms in total. The topological polar surface area (TPSA) is 73.0 Å². The van der Waals surface area contributed by atoms with Gasteiger partial charge in [0.2, 0.25) is 17.7 Å². The number of hydrogen-bond donors (Lipinski definition) is 1. The molecule has 0 unspecified atom stereocenters. The Kier molecular flexibility index (Phi) is 4.18. The number of aromatic nitrogens is 3. The van der Waals surface area contributed by atoms with Crippen LogP contribution in [0.15, 0.2) is 59.1 Å². The number of fused-ring (bicyclic) bond motifs is 1. The van der Waals surface area contributed by atoms with Crippen LogP contribution in [0.1, 0.15) is 5.89 Å². The summed E-state index contributed by atoms with van der Waals surface area (Å²) in [4.78, 5) is 12.4. The molecule has 0 aliphatic carbocycles. The molecule has 7 heteroatoms. The SMILES string of the molecule is Cc1nnc(-c2cn(CC(=O)Nc3ccc(Cl)cc3)c3ccccc23)o1. The van der Waals surface area contributed by atoms with E-state index in [0.717, 1.165) is 16.5 Å². The number of hydrogen-bond acceptors (Lipinski definition) is 4. The first-order valence-electron chi connectivity index (χ1n) is 8.04. The van der Waals surface area contributed by atoms with Crippen molar-refractivity contribution in [3.63, 3.8) is 0 Å². The molecule has 1 N–H and O–H groups in total. The summed E-state index contributed by atoms with van der Waals surface area (Å²) in [7, 11) is 0. The number of nitrogens with one attached hydrogen (secondary N) is 1. The van der Waals surface area contributed by atoms with Gasteiger partial charge in [0.1, 0.15) is 6.54 Å². The van der Waals surface area contributed by atoms with Crippen molar-refractivity contribution >= 4 is 34.1 Å². The summed E-state index contributed by atoms with van der Waals surface area (Å²) in [6, 6.07) is 14.8. The zero-order valence-corrected chi connectivity index (χ0v) is 14.7. The average Bonchev–Trinajstić information content (AvgIpc) is 3.21. The van der Waals surface area contributed by atoms with Crippen molar-refractivity contribution < 1.29 is 9.21 Å². The van der Waals surface area contributed by atoms with Crippen LogP contribution in [0, 0.1) is 6.92 Å². The molecular weight excluding hydrogens is 352 g/mol. The number of halogens is 1. The second kappa shape index (κ2) is 6.65. The molecule has 0 saturated heterocycles. The van der Waals surface area contributed by atoms with Crippen LogP contribution in [0.3, 0.4) is 0 Å². The standard InChI is InChI=1S/C19H15ClN4O2/c1-12-22-23-19(26-12)16-10-24(17-5-3-2-4-15(16)17)11-18(25)21-14-8-6-13(20)7-9-14/h2-10H,11H2,1H3,(H,21,25). The zero-order chi connectivity index (χ0) is 18.1. The molecule has 4 rings (SSSR count). The third kappa shape index (κ3) is 3.19. The Morgan fingerprint density at radius 1 is 1.15 bits per heavy atom. The number of carbonyl (C=O) groups is 1. The molecule has 0 bridgehead atoms. The van der Waals surface area contributed by atoms with Gasteiger partial charge in [0, 0.05) is 34.7 Å². The van der Waals surface area contributed by atoms with Gasteiger partial charge in [-0.15, -0.1) is 10.2 Å². The van der Waals surface area contributed by atoms with Gasteiger partial charge in [-0.3, -0.25) is 4.79 Å². The molecule has 0 saturated carbocycles. The van der Waals surface area contributed by atoms with Crippen molar-refractivity contribution in [3.8, 4) is 11.5 Å². The molecule has 26 heavy (non-hydrogen) atoms. The van der Waals surface area contributed by atoms with Gasteiger partial charge in [-0.2, -0.15) is 0 Å². The summed E-state index contributed by atoms with van der Waals surface area (Å²) >= 11 is 5.87. The van der Waals surface area contributed by atoms with E-state index in [1.165, 1.54) is 0 Å². The fourth-order valence-electron chi connectivity index (χ4n) is 2.84. The first kappa shape index (κ1) is 16.4. The Balaban J connectivity index is 1.64. The highest BCUT2D eigenvalue weighted by Gasteiger charge is 2.16. The van der Waals surface area contributed by atoms with Crippen LogP contribution < -0.4 is 5.32 Å². The van der Waals surface area contributed by atoms with Crippen molar-refractivity contribution in [2.24, 2.45) is 0 Å². The molecule has 0 spiro atoms. The second-order valence-corrected chi connectivity index (χ2v) is 6.31. The minimum absolute atomic E-state index is 0.138. The van der Waals surface area contributed by atoms with Gasteiger partial charge in [0.05, 0.1) is 5.56 Å². The molecule has 0 atom stereocenters. The first-order chi connectivity index (χ1) is 12.6. The maximum absolute atomic E-state index is 12.4. The van der Waals surface area contributed by atoms with Gasteiger partial charge in [0.15, 0.2) is 0 Å². The fraction of sp³-hybridized carbons (Fsp3) is 0.105. The largest absolute Gasteiger partial charge is 0.421 e. The van der Waals surface area contributed by atoms with Gasteiger partial charge in [-0.1, -0.05) is 29.8 Å². The molecule has 2 heterocycles. The molecule has 1 amide bonds. The number of amides is 1. The summed E-state index contributed by atoms with van der Waals surface area (Å²) in [5.74, 6) is 0.800. The van der Waals surface area contributed by atoms with Crippen LogP contribution in [0.25, 0.3) is 22.4 Å². The Morgan fingerprint density at radius 2 is 1.92 bits per heavy atom.